The number of rotatable bonds is 4. The summed E-state index contributed by atoms with van der Waals surface area (Å²) in [6, 6.07) is 9.34. The molecular weight excluding hydrogens is 284 g/mol. The van der Waals surface area contributed by atoms with Crippen LogP contribution in [0.3, 0.4) is 0 Å². The lowest BCUT2D eigenvalue weighted by Crippen LogP contribution is -2.42. The molecule has 1 aliphatic rings. The van der Waals surface area contributed by atoms with Crippen molar-refractivity contribution in [1.82, 2.24) is 9.80 Å². The maximum atomic E-state index is 12.2. The Morgan fingerprint density at radius 2 is 2.00 bits per heavy atom. The number of carboxylic acid groups (broad SMARTS) is 1. The molecule has 120 valence electrons. The van der Waals surface area contributed by atoms with Crippen LogP contribution in [0.2, 0.25) is 0 Å². The highest BCUT2D eigenvalue weighted by Crippen LogP contribution is 2.24. The highest BCUT2D eigenvalue weighted by atomic mass is 16.6. The molecule has 2 amide bonds. The lowest BCUT2D eigenvalue weighted by Gasteiger charge is -2.27. The fourth-order valence-electron chi connectivity index (χ4n) is 2.81. The lowest BCUT2D eigenvalue weighted by atomic mass is 10.0. The van der Waals surface area contributed by atoms with Crippen LogP contribution in [0.1, 0.15) is 18.9 Å². The van der Waals surface area contributed by atoms with Gasteiger partial charge in [-0.3, -0.25) is 0 Å². The number of likely N-dealkylation sites (N-methyl/N-ethyl adjacent to an activating group) is 1. The zero-order valence-corrected chi connectivity index (χ0v) is 12.9. The second kappa shape index (κ2) is 7.15. The average molecular weight is 306 g/mol. The topological polar surface area (TPSA) is 70.1 Å². The van der Waals surface area contributed by atoms with Crippen molar-refractivity contribution in [3.63, 3.8) is 0 Å². The summed E-state index contributed by atoms with van der Waals surface area (Å²) in [5.74, 6) is 0.144. The van der Waals surface area contributed by atoms with Gasteiger partial charge in [-0.1, -0.05) is 37.3 Å². The van der Waals surface area contributed by atoms with Crippen LogP contribution in [0.15, 0.2) is 30.3 Å². The number of nitrogens with zero attached hydrogens (tertiary/aromatic N) is 2. The number of amides is 2. The Balaban J connectivity index is 1.93. The molecule has 1 aliphatic heterocycles. The number of hydrogen-bond donors (Lipinski definition) is 1. The van der Waals surface area contributed by atoms with Crippen LogP contribution in [-0.2, 0) is 11.3 Å². The molecule has 1 aromatic rings. The Hall–Kier alpha value is -2.24. The van der Waals surface area contributed by atoms with Crippen LogP contribution >= 0.6 is 0 Å². The van der Waals surface area contributed by atoms with Gasteiger partial charge < -0.3 is 19.6 Å². The number of hydrogen-bond acceptors (Lipinski definition) is 3. The fraction of sp³-hybridized carbons (Fsp3) is 0.500. The van der Waals surface area contributed by atoms with Gasteiger partial charge in [-0.05, 0) is 17.9 Å². The van der Waals surface area contributed by atoms with E-state index in [0.717, 1.165) is 12.0 Å². The van der Waals surface area contributed by atoms with Crippen molar-refractivity contribution in [2.75, 3.05) is 20.1 Å². The van der Waals surface area contributed by atoms with Crippen LogP contribution in [0.4, 0.5) is 9.59 Å². The SMILES string of the molecule is CC[C@@H]1CN(C(=O)O)C[C@@H]1N(C)C(=O)OCc1ccccc1. The van der Waals surface area contributed by atoms with Crippen LogP contribution in [0, 0.1) is 5.92 Å². The third kappa shape index (κ3) is 3.69. The zero-order chi connectivity index (χ0) is 16.1. The highest BCUT2D eigenvalue weighted by Gasteiger charge is 2.38. The van der Waals surface area contributed by atoms with E-state index in [1.165, 1.54) is 9.80 Å². The minimum absolute atomic E-state index is 0.135. The van der Waals surface area contributed by atoms with Crippen LogP contribution < -0.4 is 0 Å². The third-order valence-corrected chi connectivity index (χ3v) is 4.19. The molecule has 2 rings (SSSR count). The number of carbonyl (C=O) groups excluding carboxylic acids is 1. The molecule has 1 aromatic carbocycles. The van der Waals surface area contributed by atoms with Crippen molar-refractivity contribution in [1.29, 1.82) is 0 Å². The molecule has 0 aliphatic carbocycles. The molecular formula is C16H22N2O4. The number of ether oxygens (including phenoxy) is 1. The van der Waals surface area contributed by atoms with Crippen molar-refractivity contribution < 1.29 is 19.4 Å². The Kier molecular flexibility index (Phi) is 5.25. The van der Waals surface area contributed by atoms with Gasteiger partial charge in [0.2, 0.25) is 0 Å². The second-order valence-electron chi connectivity index (χ2n) is 5.57. The van der Waals surface area contributed by atoms with E-state index in [2.05, 4.69) is 0 Å². The van der Waals surface area contributed by atoms with E-state index in [9.17, 15) is 9.59 Å². The van der Waals surface area contributed by atoms with Crippen LogP contribution in [-0.4, -0.2) is 53.3 Å². The molecule has 1 heterocycles. The number of benzene rings is 1. The minimum atomic E-state index is -0.938. The summed E-state index contributed by atoms with van der Waals surface area (Å²) in [6.45, 7) is 3.03. The quantitative estimate of drug-likeness (QED) is 0.928. The van der Waals surface area contributed by atoms with Crippen molar-refractivity contribution in [2.45, 2.75) is 26.0 Å². The van der Waals surface area contributed by atoms with Gasteiger partial charge in [-0.2, -0.15) is 0 Å². The summed E-state index contributed by atoms with van der Waals surface area (Å²) in [4.78, 5) is 26.2. The second-order valence-corrected chi connectivity index (χ2v) is 5.57. The molecule has 6 nitrogen and oxygen atoms in total. The Morgan fingerprint density at radius 1 is 1.32 bits per heavy atom. The van der Waals surface area contributed by atoms with E-state index in [4.69, 9.17) is 9.84 Å². The molecule has 22 heavy (non-hydrogen) atoms. The molecule has 0 saturated carbocycles. The summed E-state index contributed by atoms with van der Waals surface area (Å²) >= 11 is 0. The van der Waals surface area contributed by atoms with E-state index in [1.807, 2.05) is 37.3 Å². The van der Waals surface area contributed by atoms with Gasteiger partial charge in [0.1, 0.15) is 6.61 Å². The van der Waals surface area contributed by atoms with Gasteiger partial charge in [-0.15, -0.1) is 0 Å². The summed E-state index contributed by atoms with van der Waals surface area (Å²) < 4.78 is 5.31. The molecule has 0 radical (unpaired) electrons. The number of carbonyl (C=O) groups is 2. The first-order valence-electron chi connectivity index (χ1n) is 7.44. The normalized spacial score (nSPS) is 20.7. The molecule has 0 spiro atoms. The summed E-state index contributed by atoms with van der Waals surface area (Å²) in [5.41, 5.74) is 0.926. The standard InChI is InChI=1S/C16H22N2O4/c1-3-13-9-18(15(19)20)10-14(13)17(2)16(21)22-11-12-7-5-4-6-8-12/h4-8,13-14H,3,9-11H2,1-2H3,(H,19,20)/t13-,14+/m1/s1. The molecule has 1 saturated heterocycles. The molecule has 6 heteroatoms. The van der Waals surface area contributed by atoms with Gasteiger partial charge in [0.15, 0.2) is 0 Å². The predicted molar refractivity (Wildman–Crippen MR) is 81.6 cm³/mol. The number of likely N-dealkylation sites (tertiary alicyclic amines) is 1. The molecule has 0 unspecified atom stereocenters. The van der Waals surface area contributed by atoms with Crippen molar-refractivity contribution in [2.24, 2.45) is 5.92 Å². The van der Waals surface area contributed by atoms with Gasteiger partial charge in [0.05, 0.1) is 6.04 Å². The molecule has 0 aromatic heterocycles. The van der Waals surface area contributed by atoms with Crippen molar-refractivity contribution in [3.05, 3.63) is 35.9 Å². The molecule has 1 fully saturated rings. The molecule has 2 atom stereocenters. The van der Waals surface area contributed by atoms with E-state index < -0.39 is 12.2 Å². The zero-order valence-electron chi connectivity index (χ0n) is 12.9. The maximum absolute atomic E-state index is 12.2. The Bertz CT molecular complexity index is 520. The Morgan fingerprint density at radius 3 is 2.59 bits per heavy atom. The van der Waals surface area contributed by atoms with Gasteiger partial charge >= 0.3 is 12.2 Å². The summed E-state index contributed by atoms with van der Waals surface area (Å²) in [7, 11) is 1.67. The lowest BCUT2D eigenvalue weighted by molar-refractivity contribution is 0.0847. The highest BCUT2D eigenvalue weighted by molar-refractivity contribution is 5.69. The largest absolute Gasteiger partial charge is 0.465 e. The van der Waals surface area contributed by atoms with Gasteiger partial charge in [0, 0.05) is 20.1 Å². The predicted octanol–water partition coefficient (Wildman–Crippen LogP) is 2.64. The minimum Gasteiger partial charge on any atom is -0.465 e. The van der Waals surface area contributed by atoms with E-state index in [-0.39, 0.29) is 18.6 Å². The van der Waals surface area contributed by atoms with E-state index in [1.54, 1.807) is 7.05 Å². The summed E-state index contributed by atoms with van der Waals surface area (Å²) in [6.07, 6.45) is -0.531. The van der Waals surface area contributed by atoms with Crippen LogP contribution in [0.25, 0.3) is 0 Å². The van der Waals surface area contributed by atoms with Crippen molar-refractivity contribution in [3.8, 4) is 0 Å². The van der Waals surface area contributed by atoms with Gasteiger partial charge in [-0.25, -0.2) is 9.59 Å². The first-order chi connectivity index (χ1) is 10.5. The van der Waals surface area contributed by atoms with E-state index in [0.29, 0.717) is 13.1 Å². The van der Waals surface area contributed by atoms with Gasteiger partial charge in [0.25, 0.3) is 0 Å². The third-order valence-electron chi connectivity index (χ3n) is 4.19. The molecule has 0 bridgehead atoms. The molecule has 1 N–H and O–H groups in total. The van der Waals surface area contributed by atoms with Crippen molar-refractivity contribution >= 4 is 12.2 Å². The van der Waals surface area contributed by atoms with E-state index >= 15 is 0 Å². The monoisotopic (exact) mass is 306 g/mol. The fourth-order valence-corrected chi connectivity index (χ4v) is 2.81. The smallest absolute Gasteiger partial charge is 0.410 e. The first kappa shape index (κ1) is 16.1. The first-order valence-corrected chi connectivity index (χ1v) is 7.44. The maximum Gasteiger partial charge on any atom is 0.410 e. The Labute approximate surface area is 130 Å². The average Bonchev–Trinajstić information content (AvgIpc) is 2.97. The van der Waals surface area contributed by atoms with Crippen LogP contribution in [0.5, 0.6) is 0 Å². The summed E-state index contributed by atoms with van der Waals surface area (Å²) in [5, 5.41) is 9.11.